The molecule has 0 spiro atoms. The lowest BCUT2D eigenvalue weighted by atomic mass is 10.2. The van der Waals surface area contributed by atoms with E-state index in [0.717, 1.165) is 0 Å². The molecule has 3 rings (SSSR count). The number of alkyl halides is 3. The first kappa shape index (κ1) is 16.9. The quantitative estimate of drug-likeness (QED) is 0.415. The summed E-state index contributed by atoms with van der Waals surface area (Å²) in [6.45, 7) is 0. The molecule has 0 aliphatic rings. The van der Waals surface area contributed by atoms with Gasteiger partial charge in [-0.05, 0) is 24.3 Å². The maximum absolute atomic E-state index is 14.0. The summed E-state index contributed by atoms with van der Waals surface area (Å²) in [5.41, 5.74) is -0.880. The minimum absolute atomic E-state index is 0.0393. The maximum Gasteiger partial charge on any atom is 0.416 e. The van der Waals surface area contributed by atoms with Crippen LogP contribution in [0.3, 0.4) is 0 Å². The summed E-state index contributed by atoms with van der Waals surface area (Å²) in [6, 6.07) is 6.40. The highest BCUT2D eigenvalue weighted by Crippen LogP contribution is 2.38. The Bertz CT molecular complexity index is 1000. The molecule has 0 bridgehead atoms. The predicted octanol–water partition coefficient (Wildman–Crippen LogP) is 4.28. The summed E-state index contributed by atoms with van der Waals surface area (Å²) < 4.78 is 57.3. The summed E-state index contributed by atoms with van der Waals surface area (Å²) in [4.78, 5) is 2.56. The van der Waals surface area contributed by atoms with Crippen molar-refractivity contribution in [1.82, 2.24) is 4.98 Å². The predicted molar refractivity (Wildman–Crippen MR) is 78.5 cm³/mol. The Hall–Kier alpha value is -2.99. The number of aromatic nitrogens is 2. The number of rotatable bonds is 2. The van der Waals surface area contributed by atoms with Gasteiger partial charge in [-0.2, -0.15) is 18.4 Å². The van der Waals surface area contributed by atoms with Gasteiger partial charge in [-0.15, -0.1) is 0 Å². The highest BCUT2D eigenvalue weighted by molar-refractivity contribution is 6.32. The molecule has 1 aromatic heterocycles. The Morgan fingerprint density at radius 3 is 2.56 bits per heavy atom. The Morgan fingerprint density at radius 2 is 1.96 bits per heavy atom. The molecule has 0 amide bonds. The van der Waals surface area contributed by atoms with Crippen LogP contribution in [-0.4, -0.2) is 4.98 Å². The standard InChI is InChI=1S/C15H6ClF4N3O2/c16-9-3-7(15(18,19)20)4-10(17)14(9)25-8-1-2-11-12(5-8)23(24)13(6-21)22-11/h1-5,22H. The van der Waals surface area contributed by atoms with Gasteiger partial charge >= 0.3 is 12.0 Å². The molecule has 128 valence electrons. The summed E-state index contributed by atoms with van der Waals surface area (Å²) in [5.74, 6) is -2.21. The van der Waals surface area contributed by atoms with Crippen molar-refractivity contribution < 1.29 is 27.0 Å². The second-order valence-corrected chi connectivity index (χ2v) is 5.33. The van der Waals surface area contributed by atoms with Crippen molar-refractivity contribution in [2.75, 3.05) is 0 Å². The minimum Gasteiger partial charge on any atom is -0.710 e. The lowest BCUT2D eigenvalue weighted by Gasteiger charge is -2.12. The van der Waals surface area contributed by atoms with E-state index < -0.39 is 28.3 Å². The van der Waals surface area contributed by atoms with Gasteiger partial charge in [0.15, 0.2) is 28.7 Å². The summed E-state index contributed by atoms with van der Waals surface area (Å²) in [7, 11) is 0. The molecule has 0 saturated carbocycles. The zero-order valence-corrected chi connectivity index (χ0v) is 12.7. The first-order valence-corrected chi connectivity index (χ1v) is 6.98. The van der Waals surface area contributed by atoms with Crippen molar-refractivity contribution in [2.24, 2.45) is 0 Å². The van der Waals surface area contributed by atoms with E-state index >= 15 is 0 Å². The van der Waals surface area contributed by atoms with Crippen molar-refractivity contribution in [3.63, 3.8) is 0 Å². The highest BCUT2D eigenvalue weighted by Gasteiger charge is 2.32. The minimum atomic E-state index is -4.76. The molecule has 25 heavy (non-hydrogen) atoms. The maximum atomic E-state index is 14.0. The smallest absolute Gasteiger partial charge is 0.416 e. The average Bonchev–Trinajstić information content (AvgIpc) is 2.86. The Balaban J connectivity index is 2.02. The zero-order valence-electron chi connectivity index (χ0n) is 12.0. The van der Waals surface area contributed by atoms with Crippen LogP contribution in [0.25, 0.3) is 11.0 Å². The third-order valence-corrected chi connectivity index (χ3v) is 3.58. The lowest BCUT2D eigenvalue weighted by Crippen LogP contribution is -2.27. The van der Waals surface area contributed by atoms with Gasteiger partial charge in [-0.25, -0.2) is 14.1 Å². The third kappa shape index (κ3) is 3.04. The SMILES string of the molecule is N#Cc1[nH]c2ccc(Oc3c(F)cc(C(F)(F)F)cc3Cl)cc2[n+]1[O-]. The van der Waals surface area contributed by atoms with Gasteiger partial charge < -0.3 is 9.94 Å². The van der Waals surface area contributed by atoms with E-state index in [-0.39, 0.29) is 23.2 Å². The molecule has 1 heterocycles. The van der Waals surface area contributed by atoms with E-state index in [9.17, 15) is 22.8 Å². The number of ether oxygens (including phenoxy) is 1. The van der Waals surface area contributed by atoms with E-state index in [4.69, 9.17) is 21.6 Å². The van der Waals surface area contributed by atoms with Crippen LogP contribution < -0.4 is 9.47 Å². The van der Waals surface area contributed by atoms with Crippen molar-refractivity contribution in [2.45, 2.75) is 6.18 Å². The van der Waals surface area contributed by atoms with Crippen LogP contribution in [0.1, 0.15) is 11.4 Å². The molecule has 0 radical (unpaired) electrons. The van der Waals surface area contributed by atoms with Crippen LogP contribution >= 0.6 is 11.6 Å². The molecular weight excluding hydrogens is 366 g/mol. The Kier molecular flexibility index (Phi) is 3.93. The molecule has 1 N–H and O–H groups in total. The van der Waals surface area contributed by atoms with Crippen LogP contribution in [0.4, 0.5) is 17.6 Å². The first-order valence-electron chi connectivity index (χ1n) is 6.60. The number of hydrogen-bond acceptors (Lipinski definition) is 3. The van der Waals surface area contributed by atoms with E-state index in [1.807, 2.05) is 0 Å². The Labute approximate surface area is 142 Å². The average molecular weight is 372 g/mol. The van der Waals surface area contributed by atoms with Gasteiger partial charge in [0, 0.05) is 6.07 Å². The second kappa shape index (κ2) is 5.82. The van der Waals surface area contributed by atoms with Crippen LogP contribution in [-0.2, 0) is 6.18 Å². The number of nitriles is 1. The zero-order chi connectivity index (χ0) is 18.4. The van der Waals surface area contributed by atoms with Crippen molar-refractivity contribution >= 4 is 22.6 Å². The molecule has 5 nitrogen and oxygen atoms in total. The number of H-pyrrole nitrogens is 1. The Morgan fingerprint density at radius 1 is 1.24 bits per heavy atom. The number of fused-ring (bicyclic) bond motifs is 1. The van der Waals surface area contributed by atoms with Crippen LogP contribution in [0.5, 0.6) is 11.5 Å². The molecule has 0 fully saturated rings. The van der Waals surface area contributed by atoms with Crippen molar-refractivity contribution in [3.05, 3.63) is 57.8 Å². The van der Waals surface area contributed by atoms with Crippen molar-refractivity contribution in [1.29, 1.82) is 5.26 Å². The summed E-state index contributed by atoms with van der Waals surface area (Å²) in [5, 5.41) is 20.1. The molecule has 3 aromatic rings. The van der Waals surface area contributed by atoms with Gasteiger partial charge in [-0.1, -0.05) is 11.6 Å². The number of imidazole rings is 1. The van der Waals surface area contributed by atoms with Gasteiger partial charge in [0.1, 0.15) is 5.75 Å². The summed E-state index contributed by atoms with van der Waals surface area (Å²) >= 11 is 5.69. The number of nitrogens with zero attached hydrogens (tertiary/aromatic N) is 2. The molecular formula is C15H6ClF4N3O2. The molecule has 10 heteroatoms. The summed E-state index contributed by atoms with van der Waals surface area (Å²) in [6.07, 6.45) is -4.76. The number of nitrogens with one attached hydrogen (secondary N) is 1. The first-order chi connectivity index (χ1) is 11.7. The van der Waals surface area contributed by atoms with Gasteiger partial charge in [0.25, 0.3) is 0 Å². The molecule has 0 aliphatic heterocycles. The van der Waals surface area contributed by atoms with E-state index in [0.29, 0.717) is 16.3 Å². The lowest BCUT2D eigenvalue weighted by molar-refractivity contribution is -0.579. The van der Waals surface area contributed by atoms with E-state index in [2.05, 4.69) is 4.98 Å². The van der Waals surface area contributed by atoms with Crippen LogP contribution in [0.15, 0.2) is 30.3 Å². The molecule has 0 atom stereocenters. The third-order valence-electron chi connectivity index (χ3n) is 3.30. The fraction of sp³-hybridized carbons (Fsp3) is 0.0667. The largest absolute Gasteiger partial charge is 0.710 e. The van der Waals surface area contributed by atoms with Crippen molar-refractivity contribution in [3.8, 4) is 17.6 Å². The second-order valence-electron chi connectivity index (χ2n) is 4.93. The van der Waals surface area contributed by atoms with E-state index in [1.54, 1.807) is 6.07 Å². The number of benzene rings is 2. The number of hydrogen-bond donors (Lipinski definition) is 1. The van der Waals surface area contributed by atoms with Crippen LogP contribution in [0.2, 0.25) is 5.02 Å². The molecule has 0 aliphatic carbocycles. The fourth-order valence-corrected chi connectivity index (χ4v) is 2.41. The number of aromatic amines is 1. The monoisotopic (exact) mass is 371 g/mol. The normalized spacial score (nSPS) is 11.5. The highest BCUT2D eigenvalue weighted by atomic mass is 35.5. The van der Waals surface area contributed by atoms with E-state index in [1.165, 1.54) is 18.2 Å². The van der Waals surface area contributed by atoms with Crippen LogP contribution in [0, 0.1) is 22.4 Å². The number of halogens is 5. The van der Waals surface area contributed by atoms with Gasteiger partial charge in [0.2, 0.25) is 0 Å². The van der Waals surface area contributed by atoms with Gasteiger partial charge in [-0.3, -0.25) is 0 Å². The fourth-order valence-electron chi connectivity index (χ4n) is 2.16. The molecule has 2 aromatic carbocycles. The molecule has 0 unspecified atom stereocenters. The van der Waals surface area contributed by atoms with Gasteiger partial charge in [0.05, 0.1) is 10.6 Å². The molecule has 0 saturated heterocycles. The topological polar surface area (TPSA) is 75.8 Å².